The van der Waals surface area contributed by atoms with E-state index in [1.165, 1.54) is 18.2 Å². The molecule has 0 fully saturated rings. The summed E-state index contributed by atoms with van der Waals surface area (Å²) in [5.74, 6) is -0.140. The van der Waals surface area contributed by atoms with E-state index in [2.05, 4.69) is 31.9 Å². The van der Waals surface area contributed by atoms with Crippen LogP contribution in [0.5, 0.6) is 5.75 Å². The molecule has 4 nitrogen and oxygen atoms in total. The van der Waals surface area contributed by atoms with Gasteiger partial charge in [-0.2, -0.15) is 5.26 Å². The molecule has 0 bridgehead atoms. The maximum atomic E-state index is 12.5. The molecule has 22 heavy (non-hydrogen) atoms. The second-order valence-corrected chi connectivity index (χ2v) is 7.95. The number of allylic oxidation sites excluding steroid dienone is 1. The van der Waals surface area contributed by atoms with Gasteiger partial charge in [-0.3, -0.25) is 0 Å². The van der Waals surface area contributed by atoms with E-state index in [4.69, 9.17) is 0 Å². The van der Waals surface area contributed by atoms with Gasteiger partial charge in [0.05, 0.1) is 9.37 Å². The Balaban J connectivity index is 2.61. The molecule has 2 rings (SSSR count). The van der Waals surface area contributed by atoms with Crippen LogP contribution in [0.3, 0.4) is 0 Å². The number of nitrogens with zero attached hydrogens (tertiary/aromatic N) is 1. The highest BCUT2D eigenvalue weighted by Gasteiger charge is 2.21. The SMILES string of the molecule is N#C/C(=C\c1cc(Br)cc(Br)c1O)S(=O)(=O)c1ccccc1. The van der Waals surface area contributed by atoms with Crippen molar-refractivity contribution in [1.82, 2.24) is 0 Å². The molecule has 0 atom stereocenters. The molecule has 0 saturated carbocycles. The summed E-state index contributed by atoms with van der Waals surface area (Å²) in [6.07, 6.45) is 1.15. The van der Waals surface area contributed by atoms with Crippen LogP contribution in [-0.4, -0.2) is 13.5 Å². The second-order valence-electron chi connectivity index (χ2n) is 4.26. The maximum Gasteiger partial charge on any atom is 0.216 e. The molecule has 0 radical (unpaired) electrons. The lowest BCUT2D eigenvalue weighted by molar-refractivity contribution is 0.470. The van der Waals surface area contributed by atoms with E-state index in [1.54, 1.807) is 30.3 Å². The fourth-order valence-corrected chi connectivity index (χ4v) is 4.16. The van der Waals surface area contributed by atoms with E-state index in [0.717, 1.165) is 6.08 Å². The molecule has 0 unspecified atom stereocenters. The van der Waals surface area contributed by atoms with Crippen molar-refractivity contribution < 1.29 is 13.5 Å². The van der Waals surface area contributed by atoms with Crippen LogP contribution in [0.25, 0.3) is 6.08 Å². The number of nitriles is 1. The number of aromatic hydroxyl groups is 1. The Hall–Kier alpha value is -1.62. The van der Waals surface area contributed by atoms with E-state index in [9.17, 15) is 18.8 Å². The Kier molecular flexibility index (Phi) is 5.06. The third-order valence-electron chi connectivity index (χ3n) is 2.80. The van der Waals surface area contributed by atoms with Gasteiger partial charge in [0.1, 0.15) is 16.7 Å². The Bertz CT molecular complexity index is 885. The molecule has 2 aromatic rings. The largest absolute Gasteiger partial charge is 0.506 e. The zero-order valence-corrected chi connectivity index (χ0v) is 15.0. The van der Waals surface area contributed by atoms with Gasteiger partial charge in [-0.15, -0.1) is 0 Å². The molecule has 7 heteroatoms. The van der Waals surface area contributed by atoms with Crippen molar-refractivity contribution >= 4 is 47.8 Å². The molecular formula is C15H9Br2NO3S. The molecule has 0 aromatic heterocycles. The molecule has 0 saturated heterocycles. The summed E-state index contributed by atoms with van der Waals surface area (Å²) in [6, 6.07) is 12.5. The number of halogens is 2. The minimum atomic E-state index is -3.93. The van der Waals surface area contributed by atoms with Gasteiger partial charge in [0.15, 0.2) is 0 Å². The predicted octanol–water partition coefficient (Wildman–Crippen LogP) is 4.26. The summed E-state index contributed by atoms with van der Waals surface area (Å²) in [7, 11) is -3.93. The van der Waals surface area contributed by atoms with Crippen molar-refractivity contribution in [2.24, 2.45) is 0 Å². The lowest BCUT2D eigenvalue weighted by Crippen LogP contribution is -2.03. The topological polar surface area (TPSA) is 78.2 Å². The number of hydrogen-bond acceptors (Lipinski definition) is 4. The van der Waals surface area contributed by atoms with Crippen LogP contribution >= 0.6 is 31.9 Å². The number of hydrogen-bond donors (Lipinski definition) is 1. The Labute approximate surface area is 144 Å². The first-order valence-electron chi connectivity index (χ1n) is 5.96. The third-order valence-corrected chi connectivity index (χ3v) is 5.54. The van der Waals surface area contributed by atoms with Gasteiger partial charge in [0.2, 0.25) is 9.84 Å². The highest BCUT2D eigenvalue weighted by Crippen LogP contribution is 2.34. The summed E-state index contributed by atoms with van der Waals surface area (Å²) in [4.78, 5) is -0.421. The highest BCUT2D eigenvalue weighted by molar-refractivity contribution is 9.11. The van der Waals surface area contributed by atoms with Gasteiger partial charge in [0.25, 0.3) is 0 Å². The molecule has 0 aliphatic heterocycles. The van der Waals surface area contributed by atoms with E-state index >= 15 is 0 Å². The van der Waals surface area contributed by atoms with Crippen LogP contribution in [0.1, 0.15) is 5.56 Å². The number of phenolic OH excluding ortho intramolecular Hbond substituents is 1. The minimum absolute atomic E-state index is 0.0244. The molecule has 2 aromatic carbocycles. The van der Waals surface area contributed by atoms with Gasteiger partial charge in [-0.25, -0.2) is 8.42 Å². The monoisotopic (exact) mass is 441 g/mol. The van der Waals surface area contributed by atoms with Gasteiger partial charge >= 0.3 is 0 Å². The fourth-order valence-electron chi connectivity index (χ4n) is 1.73. The first-order valence-corrected chi connectivity index (χ1v) is 9.03. The van der Waals surface area contributed by atoms with Crippen molar-refractivity contribution in [2.45, 2.75) is 4.90 Å². The standard InChI is InChI=1S/C15H9Br2NO3S/c16-11-6-10(15(19)14(17)8-11)7-13(9-18)22(20,21)12-4-2-1-3-5-12/h1-8,19H/b13-7+. The minimum Gasteiger partial charge on any atom is -0.506 e. The van der Waals surface area contributed by atoms with Gasteiger partial charge < -0.3 is 5.11 Å². The Morgan fingerprint density at radius 2 is 1.82 bits per heavy atom. The maximum absolute atomic E-state index is 12.5. The van der Waals surface area contributed by atoms with Crippen LogP contribution in [0.4, 0.5) is 0 Å². The zero-order valence-electron chi connectivity index (χ0n) is 11.0. The molecule has 0 aliphatic rings. The number of phenols is 1. The molecule has 0 heterocycles. The highest BCUT2D eigenvalue weighted by atomic mass is 79.9. The van der Waals surface area contributed by atoms with Gasteiger partial charge in [-0.1, -0.05) is 34.1 Å². The van der Waals surface area contributed by atoms with Gasteiger partial charge in [0, 0.05) is 10.0 Å². The molecular weight excluding hydrogens is 434 g/mol. The van der Waals surface area contributed by atoms with Crippen LogP contribution in [-0.2, 0) is 9.84 Å². The zero-order chi connectivity index (χ0) is 16.3. The van der Waals surface area contributed by atoms with Crippen molar-refractivity contribution in [3.8, 4) is 11.8 Å². The van der Waals surface area contributed by atoms with Crippen LogP contribution in [0.15, 0.2) is 61.2 Å². The van der Waals surface area contributed by atoms with Crippen LogP contribution in [0, 0.1) is 11.3 Å². The summed E-state index contributed by atoms with van der Waals surface area (Å²) >= 11 is 6.41. The van der Waals surface area contributed by atoms with Crippen molar-refractivity contribution in [1.29, 1.82) is 5.26 Å². The first kappa shape index (κ1) is 16.7. The number of rotatable bonds is 3. The molecule has 1 N–H and O–H groups in total. The Morgan fingerprint density at radius 3 is 2.41 bits per heavy atom. The van der Waals surface area contributed by atoms with E-state index < -0.39 is 14.7 Å². The average molecular weight is 443 g/mol. The quantitative estimate of drug-likeness (QED) is 0.720. The first-order chi connectivity index (χ1) is 10.4. The molecule has 0 amide bonds. The van der Waals surface area contributed by atoms with Crippen molar-refractivity contribution in [3.63, 3.8) is 0 Å². The number of benzene rings is 2. The Morgan fingerprint density at radius 1 is 1.18 bits per heavy atom. The fraction of sp³-hybridized carbons (Fsp3) is 0. The van der Waals surface area contributed by atoms with Crippen molar-refractivity contribution in [3.05, 3.63) is 61.9 Å². The third kappa shape index (κ3) is 3.40. The van der Waals surface area contributed by atoms with E-state index in [1.807, 2.05) is 0 Å². The normalized spacial score (nSPS) is 12.0. The summed E-state index contributed by atoms with van der Waals surface area (Å²) in [5, 5.41) is 19.2. The van der Waals surface area contributed by atoms with Crippen molar-refractivity contribution in [2.75, 3.05) is 0 Å². The lowest BCUT2D eigenvalue weighted by Gasteiger charge is -2.06. The lowest BCUT2D eigenvalue weighted by atomic mass is 10.2. The van der Waals surface area contributed by atoms with E-state index in [0.29, 0.717) is 8.95 Å². The van der Waals surface area contributed by atoms with E-state index in [-0.39, 0.29) is 16.2 Å². The van der Waals surface area contributed by atoms with Crippen LogP contribution in [0.2, 0.25) is 0 Å². The summed E-state index contributed by atoms with van der Waals surface area (Å²) in [5.41, 5.74) is 0.220. The average Bonchev–Trinajstić information content (AvgIpc) is 2.50. The summed E-state index contributed by atoms with van der Waals surface area (Å²) < 4.78 is 25.9. The molecule has 112 valence electrons. The summed E-state index contributed by atoms with van der Waals surface area (Å²) in [6.45, 7) is 0. The molecule has 0 spiro atoms. The van der Waals surface area contributed by atoms with Crippen LogP contribution < -0.4 is 0 Å². The predicted molar refractivity (Wildman–Crippen MR) is 90.7 cm³/mol. The van der Waals surface area contributed by atoms with Gasteiger partial charge in [-0.05, 0) is 46.3 Å². The number of sulfone groups is 1. The molecule has 0 aliphatic carbocycles. The second kappa shape index (κ2) is 6.65. The smallest absolute Gasteiger partial charge is 0.216 e.